The molecule has 0 aromatic heterocycles. The highest BCUT2D eigenvalue weighted by Gasteiger charge is 2.21. The lowest BCUT2D eigenvalue weighted by molar-refractivity contribution is 0.198. The van der Waals surface area contributed by atoms with E-state index >= 15 is 0 Å². The first kappa shape index (κ1) is 12.9. The molecule has 104 valence electrons. The molecule has 3 rings (SSSR count). The van der Waals surface area contributed by atoms with Crippen LogP contribution in [0.25, 0.3) is 0 Å². The maximum atomic E-state index is 9.65. The molecule has 0 saturated carbocycles. The number of anilines is 1. The molecule has 0 amide bonds. The average Bonchev–Trinajstić information content (AvgIpc) is 2.86. The molecule has 2 aliphatic rings. The van der Waals surface area contributed by atoms with Gasteiger partial charge in [-0.25, -0.2) is 0 Å². The second-order valence-corrected chi connectivity index (χ2v) is 5.36. The molecular formula is C16H19N3O. The van der Waals surface area contributed by atoms with Crippen LogP contribution in [0.1, 0.15) is 17.5 Å². The molecule has 1 fully saturated rings. The van der Waals surface area contributed by atoms with Gasteiger partial charge in [0.05, 0.1) is 11.8 Å². The Morgan fingerprint density at radius 1 is 1.40 bits per heavy atom. The highest BCUT2D eigenvalue weighted by atomic mass is 16.3. The summed E-state index contributed by atoms with van der Waals surface area (Å²) in [6.07, 6.45) is 4.53. The van der Waals surface area contributed by atoms with E-state index in [1.54, 1.807) is 0 Å². The zero-order valence-corrected chi connectivity index (χ0v) is 11.6. The smallest absolute Gasteiger partial charge is 0.0906 e. The predicted molar refractivity (Wildman–Crippen MR) is 82.0 cm³/mol. The lowest BCUT2D eigenvalue weighted by Crippen LogP contribution is -2.22. The maximum absolute atomic E-state index is 9.65. The van der Waals surface area contributed by atoms with Crippen molar-refractivity contribution >= 4 is 11.4 Å². The molecule has 1 unspecified atom stereocenters. The van der Waals surface area contributed by atoms with Crippen molar-refractivity contribution in [2.24, 2.45) is 5.10 Å². The van der Waals surface area contributed by atoms with Crippen LogP contribution in [0.3, 0.4) is 0 Å². The van der Waals surface area contributed by atoms with Gasteiger partial charge in [0.25, 0.3) is 0 Å². The second-order valence-electron chi connectivity index (χ2n) is 5.36. The summed E-state index contributed by atoms with van der Waals surface area (Å²) in [5.41, 5.74) is 8.09. The van der Waals surface area contributed by atoms with Crippen molar-refractivity contribution < 1.29 is 5.11 Å². The number of rotatable bonds is 2. The SMILES string of the molecule is C=C1C=CC(c2ccc(N3CCC(O)C3)c(C)c2)=NN1. The maximum Gasteiger partial charge on any atom is 0.0906 e. The average molecular weight is 269 g/mol. The molecule has 4 heteroatoms. The van der Waals surface area contributed by atoms with Gasteiger partial charge in [0.15, 0.2) is 0 Å². The fourth-order valence-electron chi connectivity index (χ4n) is 2.68. The zero-order valence-electron chi connectivity index (χ0n) is 11.6. The van der Waals surface area contributed by atoms with Crippen molar-refractivity contribution in [3.8, 4) is 0 Å². The Morgan fingerprint density at radius 3 is 2.85 bits per heavy atom. The Bertz CT molecular complexity index is 604. The van der Waals surface area contributed by atoms with Crippen LogP contribution < -0.4 is 10.3 Å². The van der Waals surface area contributed by atoms with Crippen LogP contribution in [0.2, 0.25) is 0 Å². The number of β-amino-alcohol motifs (C(OH)–C–C–N with tert-alkyl or cyclic N) is 1. The van der Waals surface area contributed by atoms with E-state index in [4.69, 9.17) is 0 Å². The number of hydrogen-bond acceptors (Lipinski definition) is 4. The summed E-state index contributed by atoms with van der Waals surface area (Å²) in [5.74, 6) is 0. The van der Waals surface area contributed by atoms with E-state index in [1.807, 2.05) is 12.2 Å². The third-order valence-electron chi connectivity index (χ3n) is 3.76. The van der Waals surface area contributed by atoms with Crippen molar-refractivity contribution in [1.82, 2.24) is 5.43 Å². The van der Waals surface area contributed by atoms with E-state index in [9.17, 15) is 5.11 Å². The predicted octanol–water partition coefficient (Wildman–Crippen LogP) is 1.94. The van der Waals surface area contributed by atoms with Gasteiger partial charge in [-0.15, -0.1) is 0 Å². The first-order valence-electron chi connectivity index (χ1n) is 6.88. The number of aryl methyl sites for hydroxylation is 1. The lowest BCUT2D eigenvalue weighted by atomic mass is 10.0. The van der Waals surface area contributed by atoms with Gasteiger partial charge >= 0.3 is 0 Å². The largest absolute Gasteiger partial charge is 0.391 e. The second kappa shape index (κ2) is 5.13. The molecular weight excluding hydrogens is 250 g/mol. The number of nitrogens with one attached hydrogen (secondary N) is 1. The lowest BCUT2D eigenvalue weighted by Gasteiger charge is -2.21. The van der Waals surface area contributed by atoms with Crippen molar-refractivity contribution in [1.29, 1.82) is 0 Å². The van der Waals surface area contributed by atoms with Gasteiger partial charge in [-0.3, -0.25) is 5.43 Å². The van der Waals surface area contributed by atoms with Gasteiger partial charge in [0.1, 0.15) is 0 Å². The molecule has 0 aliphatic carbocycles. The Morgan fingerprint density at radius 2 is 2.25 bits per heavy atom. The van der Waals surface area contributed by atoms with E-state index in [-0.39, 0.29) is 6.10 Å². The Kier molecular flexibility index (Phi) is 3.32. The number of hydrazone groups is 1. The van der Waals surface area contributed by atoms with Crippen LogP contribution in [-0.4, -0.2) is 30.0 Å². The number of benzene rings is 1. The minimum Gasteiger partial charge on any atom is -0.391 e. The van der Waals surface area contributed by atoms with E-state index in [1.165, 1.54) is 11.3 Å². The summed E-state index contributed by atoms with van der Waals surface area (Å²) in [4.78, 5) is 2.24. The molecule has 1 aromatic rings. The van der Waals surface area contributed by atoms with E-state index in [0.29, 0.717) is 0 Å². The standard InChI is InChI=1S/C16H19N3O/c1-11-9-13(15-5-3-12(2)17-18-15)4-6-16(11)19-8-7-14(20)10-19/h3-6,9,14,17,20H,2,7-8,10H2,1H3. The summed E-state index contributed by atoms with van der Waals surface area (Å²) in [6, 6.07) is 6.33. The number of nitrogens with zero attached hydrogens (tertiary/aromatic N) is 2. The number of allylic oxidation sites excluding steroid dienone is 2. The summed E-state index contributed by atoms with van der Waals surface area (Å²) in [6.45, 7) is 7.54. The first-order valence-corrected chi connectivity index (χ1v) is 6.88. The molecule has 2 aliphatic heterocycles. The van der Waals surface area contributed by atoms with Crippen molar-refractivity contribution in [3.63, 3.8) is 0 Å². The molecule has 1 atom stereocenters. The highest BCUT2D eigenvalue weighted by Crippen LogP contribution is 2.25. The van der Waals surface area contributed by atoms with Gasteiger partial charge in [0, 0.05) is 30.0 Å². The third-order valence-corrected chi connectivity index (χ3v) is 3.76. The third kappa shape index (κ3) is 2.47. The molecule has 1 aromatic carbocycles. The topological polar surface area (TPSA) is 47.9 Å². The molecule has 2 N–H and O–H groups in total. The molecule has 1 saturated heterocycles. The molecule has 0 spiro atoms. The molecule has 4 nitrogen and oxygen atoms in total. The van der Waals surface area contributed by atoms with Gasteiger partial charge in [-0.2, -0.15) is 5.10 Å². The van der Waals surface area contributed by atoms with Crippen LogP contribution in [0.5, 0.6) is 0 Å². The molecule has 2 heterocycles. The fraction of sp³-hybridized carbons (Fsp3) is 0.312. The van der Waals surface area contributed by atoms with Crippen molar-refractivity contribution in [2.45, 2.75) is 19.4 Å². The van der Waals surface area contributed by atoms with Crippen LogP contribution in [-0.2, 0) is 0 Å². The van der Waals surface area contributed by atoms with Crippen LogP contribution in [0.15, 0.2) is 47.7 Å². The normalized spacial score (nSPS) is 21.9. The van der Waals surface area contributed by atoms with Crippen LogP contribution in [0.4, 0.5) is 5.69 Å². The van der Waals surface area contributed by atoms with Gasteiger partial charge in [-0.05, 0) is 43.2 Å². The van der Waals surface area contributed by atoms with E-state index in [0.717, 1.165) is 36.5 Å². The van der Waals surface area contributed by atoms with Gasteiger partial charge < -0.3 is 10.0 Å². The quantitative estimate of drug-likeness (QED) is 0.862. The monoisotopic (exact) mass is 269 g/mol. The van der Waals surface area contributed by atoms with Crippen LogP contribution in [0, 0.1) is 6.92 Å². The van der Waals surface area contributed by atoms with Crippen molar-refractivity contribution in [3.05, 3.63) is 53.8 Å². The summed E-state index contributed by atoms with van der Waals surface area (Å²) >= 11 is 0. The molecule has 0 bridgehead atoms. The number of aliphatic hydroxyl groups is 1. The highest BCUT2D eigenvalue weighted by molar-refractivity contribution is 6.09. The number of aliphatic hydroxyl groups excluding tert-OH is 1. The Hall–Kier alpha value is -2.07. The summed E-state index contributed by atoms with van der Waals surface area (Å²) < 4.78 is 0. The summed E-state index contributed by atoms with van der Waals surface area (Å²) in [7, 11) is 0. The fourth-order valence-corrected chi connectivity index (χ4v) is 2.68. The Labute approximate surface area is 119 Å². The van der Waals surface area contributed by atoms with Crippen LogP contribution >= 0.6 is 0 Å². The van der Waals surface area contributed by atoms with E-state index in [2.05, 4.69) is 47.1 Å². The van der Waals surface area contributed by atoms with Gasteiger partial charge in [-0.1, -0.05) is 12.6 Å². The first-order chi connectivity index (χ1) is 9.63. The minimum atomic E-state index is -0.199. The number of hydrogen-bond donors (Lipinski definition) is 2. The van der Waals surface area contributed by atoms with Crippen molar-refractivity contribution in [2.75, 3.05) is 18.0 Å². The molecule has 20 heavy (non-hydrogen) atoms. The molecule has 0 radical (unpaired) electrons. The minimum absolute atomic E-state index is 0.199. The van der Waals surface area contributed by atoms with E-state index < -0.39 is 0 Å². The Balaban J connectivity index is 1.84. The zero-order chi connectivity index (χ0) is 14.1. The van der Waals surface area contributed by atoms with Gasteiger partial charge in [0.2, 0.25) is 0 Å². The summed E-state index contributed by atoms with van der Waals surface area (Å²) in [5, 5.41) is 13.9.